The van der Waals surface area contributed by atoms with E-state index in [4.69, 9.17) is 11.6 Å². The number of fused-ring (bicyclic) bond motifs is 4. The Morgan fingerprint density at radius 2 is 2.00 bits per heavy atom. The maximum atomic E-state index is 11.8. The largest absolute Gasteiger partial charge is 0.481 e. The first kappa shape index (κ1) is 14.8. The number of hydrogen-bond acceptors (Lipinski definition) is 4. The molecule has 2 unspecified atom stereocenters. The SMILES string of the molecule is Cn1ccc2c(NC3C4CCC(CC4)C3C(=O)O)nc(Cl)nc21. The monoisotopic (exact) mass is 334 g/mol. The quantitative estimate of drug-likeness (QED) is 0.844. The minimum absolute atomic E-state index is 0.0885. The maximum Gasteiger partial charge on any atom is 0.308 e. The lowest BCUT2D eigenvalue weighted by Gasteiger charge is -2.47. The van der Waals surface area contributed by atoms with E-state index in [-0.39, 0.29) is 23.2 Å². The average Bonchev–Trinajstić information content (AvgIpc) is 2.89. The molecule has 0 saturated heterocycles. The van der Waals surface area contributed by atoms with Gasteiger partial charge in [-0.3, -0.25) is 4.79 Å². The van der Waals surface area contributed by atoms with Crippen LogP contribution in [0.5, 0.6) is 0 Å². The zero-order valence-electron chi connectivity index (χ0n) is 12.9. The van der Waals surface area contributed by atoms with Crippen molar-refractivity contribution in [2.75, 3.05) is 5.32 Å². The second-order valence-electron chi connectivity index (χ2n) is 6.71. The van der Waals surface area contributed by atoms with Crippen LogP contribution in [0.15, 0.2) is 12.3 Å². The van der Waals surface area contributed by atoms with Gasteiger partial charge in [-0.15, -0.1) is 0 Å². The number of halogens is 1. The molecular formula is C16H19ClN4O2. The molecule has 2 heterocycles. The van der Waals surface area contributed by atoms with Gasteiger partial charge in [0.2, 0.25) is 5.28 Å². The number of nitrogens with zero attached hydrogens (tertiary/aromatic N) is 3. The Kier molecular flexibility index (Phi) is 3.44. The van der Waals surface area contributed by atoms with E-state index >= 15 is 0 Å². The topological polar surface area (TPSA) is 80.0 Å². The Balaban J connectivity index is 1.73. The Morgan fingerprint density at radius 1 is 1.30 bits per heavy atom. The number of carboxylic acids is 1. The highest BCUT2D eigenvalue weighted by atomic mass is 35.5. The molecule has 0 spiro atoms. The van der Waals surface area contributed by atoms with Crippen LogP contribution in [0.3, 0.4) is 0 Å². The predicted molar refractivity (Wildman–Crippen MR) is 87.5 cm³/mol. The minimum atomic E-state index is -0.707. The van der Waals surface area contributed by atoms with Crippen LogP contribution in [-0.2, 0) is 11.8 Å². The lowest BCUT2D eigenvalue weighted by Crippen LogP contribution is -2.51. The molecule has 2 atom stereocenters. The van der Waals surface area contributed by atoms with Crippen molar-refractivity contribution in [2.45, 2.75) is 31.7 Å². The van der Waals surface area contributed by atoms with E-state index in [0.29, 0.717) is 11.7 Å². The van der Waals surface area contributed by atoms with Crippen molar-refractivity contribution < 1.29 is 9.90 Å². The highest BCUT2D eigenvalue weighted by Gasteiger charge is 2.47. The molecule has 3 saturated carbocycles. The molecule has 2 N–H and O–H groups in total. The third-order valence-corrected chi connectivity index (χ3v) is 5.67. The number of aromatic nitrogens is 3. The number of anilines is 1. The molecule has 23 heavy (non-hydrogen) atoms. The van der Waals surface area contributed by atoms with Crippen LogP contribution >= 0.6 is 11.6 Å². The molecule has 0 aliphatic heterocycles. The van der Waals surface area contributed by atoms with Gasteiger partial charge in [0, 0.05) is 19.3 Å². The molecule has 5 rings (SSSR count). The van der Waals surface area contributed by atoms with Gasteiger partial charge in [-0.05, 0) is 55.2 Å². The number of hydrogen-bond donors (Lipinski definition) is 2. The van der Waals surface area contributed by atoms with E-state index in [9.17, 15) is 9.90 Å². The van der Waals surface area contributed by atoms with E-state index in [1.54, 1.807) is 0 Å². The van der Waals surface area contributed by atoms with E-state index in [1.165, 1.54) is 0 Å². The highest BCUT2D eigenvalue weighted by Crippen LogP contribution is 2.46. The van der Waals surface area contributed by atoms with Crippen LogP contribution < -0.4 is 5.32 Å². The number of nitrogens with one attached hydrogen (secondary N) is 1. The first-order valence-corrected chi connectivity index (χ1v) is 8.40. The molecule has 0 aromatic carbocycles. The van der Waals surface area contributed by atoms with Gasteiger partial charge in [0.15, 0.2) is 0 Å². The van der Waals surface area contributed by atoms with E-state index in [1.807, 2.05) is 23.9 Å². The van der Waals surface area contributed by atoms with Gasteiger partial charge < -0.3 is 15.0 Å². The van der Waals surface area contributed by atoms with Gasteiger partial charge >= 0.3 is 5.97 Å². The lowest BCUT2D eigenvalue weighted by atomic mass is 9.61. The van der Waals surface area contributed by atoms with Crippen molar-refractivity contribution in [3.05, 3.63) is 17.5 Å². The number of carboxylic acid groups (broad SMARTS) is 1. The smallest absolute Gasteiger partial charge is 0.308 e. The number of aliphatic carboxylic acids is 1. The fraction of sp³-hybridized carbons (Fsp3) is 0.562. The van der Waals surface area contributed by atoms with Crippen molar-refractivity contribution in [1.29, 1.82) is 0 Å². The molecule has 3 fully saturated rings. The molecule has 7 heteroatoms. The first-order valence-electron chi connectivity index (χ1n) is 8.02. The van der Waals surface area contributed by atoms with Crippen LogP contribution in [0.25, 0.3) is 11.0 Å². The fourth-order valence-electron chi connectivity index (χ4n) is 4.39. The summed E-state index contributed by atoms with van der Waals surface area (Å²) in [7, 11) is 1.90. The van der Waals surface area contributed by atoms with Crippen LogP contribution in [0, 0.1) is 17.8 Å². The van der Waals surface area contributed by atoms with Crippen LogP contribution in [0.4, 0.5) is 5.82 Å². The molecule has 3 aliphatic rings. The van der Waals surface area contributed by atoms with Crippen molar-refractivity contribution in [3.8, 4) is 0 Å². The first-order chi connectivity index (χ1) is 11.0. The molecule has 0 amide bonds. The highest BCUT2D eigenvalue weighted by molar-refractivity contribution is 6.28. The molecule has 3 aliphatic carbocycles. The Bertz CT molecular complexity index is 767. The van der Waals surface area contributed by atoms with Crippen LogP contribution in [0.2, 0.25) is 5.28 Å². The molecule has 0 radical (unpaired) electrons. The summed E-state index contributed by atoms with van der Waals surface area (Å²) in [6.07, 6.45) is 6.12. The zero-order valence-corrected chi connectivity index (χ0v) is 13.6. The van der Waals surface area contributed by atoms with Gasteiger partial charge in [-0.1, -0.05) is 0 Å². The van der Waals surface area contributed by atoms with Crippen molar-refractivity contribution in [1.82, 2.24) is 14.5 Å². The molecular weight excluding hydrogens is 316 g/mol. The number of carbonyl (C=O) groups is 1. The summed E-state index contributed by atoms with van der Waals surface area (Å²) >= 11 is 6.06. The second kappa shape index (κ2) is 5.37. The van der Waals surface area contributed by atoms with E-state index in [0.717, 1.165) is 36.7 Å². The Labute approximate surface area is 138 Å². The van der Waals surface area contributed by atoms with Crippen molar-refractivity contribution in [3.63, 3.8) is 0 Å². The minimum Gasteiger partial charge on any atom is -0.481 e. The van der Waals surface area contributed by atoms with Crippen molar-refractivity contribution >= 4 is 34.4 Å². The van der Waals surface area contributed by atoms with Gasteiger partial charge in [0.05, 0.1) is 11.3 Å². The summed E-state index contributed by atoms with van der Waals surface area (Å²) in [6.45, 7) is 0. The van der Waals surface area contributed by atoms with Gasteiger partial charge in [-0.2, -0.15) is 4.98 Å². The fourth-order valence-corrected chi connectivity index (χ4v) is 4.56. The van der Waals surface area contributed by atoms with E-state index < -0.39 is 5.97 Å². The molecule has 2 aromatic rings. The van der Waals surface area contributed by atoms with E-state index in [2.05, 4.69) is 15.3 Å². The van der Waals surface area contributed by atoms with Crippen LogP contribution in [0.1, 0.15) is 25.7 Å². The Hall–Kier alpha value is -1.82. The summed E-state index contributed by atoms with van der Waals surface area (Å²) in [4.78, 5) is 20.4. The molecule has 2 aromatic heterocycles. The third kappa shape index (κ3) is 2.36. The predicted octanol–water partition coefficient (Wildman–Crippen LogP) is 2.92. The zero-order chi connectivity index (χ0) is 16.1. The van der Waals surface area contributed by atoms with Gasteiger partial charge in [-0.25, -0.2) is 4.98 Å². The van der Waals surface area contributed by atoms with Crippen LogP contribution in [-0.4, -0.2) is 31.7 Å². The Morgan fingerprint density at radius 3 is 2.70 bits per heavy atom. The lowest BCUT2D eigenvalue weighted by molar-refractivity contribution is -0.148. The second-order valence-corrected chi connectivity index (χ2v) is 7.05. The van der Waals surface area contributed by atoms with Gasteiger partial charge in [0.1, 0.15) is 11.5 Å². The summed E-state index contributed by atoms with van der Waals surface area (Å²) in [6, 6.07) is 1.85. The standard InChI is InChI=1S/C16H19ClN4O2/c1-21-7-6-10-13(19-16(17)20-14(10)21)18-12-9-4-2-8(3-5-9)11(12)15(22)23/h6-9,11-12H,2-5H2,1H3,(H,22,23)(H,18,19,20). The third-order valence-electron chi connectivity index (χ3n) is 5.50. The summed E-state index contributed by atoms with van der Waals surface area (Å²) in [5.74, 6) is 0.230. The maximum absolute atomic E-state index is 11.8. The summed E-state index contributed by atoms with van der Waals surface area (Å²) < 4.78 is 1.88. The van der Waals surface area contributed by atoms with Gasteiger partial charge in [0.25, 0.3) is 0 Å². The molecule has 122 valence electrons. The molecule has 6 nitrogen and oxygen atoms in total. The summed E-state index contributed by atoms with van der Waals surface area (Å²) in [5, 5.41) is 14.1. The number of rotatable bonds is 3. The summed E-state index contributed by atoms with van der Waals surface area (Å²) in [5.41, 5.74) is 0.750. The normalized spacial score (nSPS) is 29.8. The number of aryl methyl sites for hydroxylation is 1. The molecule has 2 bridgehead atoms. The average molecular weight is 335 g/mol. The van der Waals surface area contributed by atoms with Crippen molar-refractivity contribution in [2.24, 2.45) is 24.8 Å².